The molecule has 1 aliphatic rings. The third kappa shape index (κ3) is 4.60. The van der Waals surface area contributed by atoms with Crippen LogP contribution in [0, 0.1) is 0 Å². The van der Waals surface area contributed by atoms with Crippen LogP contribution in [0.4, 0.5) is 0 Å². The minimum atomic E-state index is -0.330. The molecule has 0 aliphatic carbocycles. The highest BCUT2D eigenvalue weighted by Gasteiger charge is 2.33. The standard InChI is InChI=1S/C26H28N2O4/c1-18-15-27(17-20-6-8-23(9-7-20)26(30)31-3)16-19(2)28(18)25(29)22-12-10-21(11-13-22)24-5-4-14-32-24/h4-14,18-19H,15-17H2,1-3H3/t18-,19+. The normalized spacial score (nSPS) is 19.0. The molecule has 166 valence electrons. The number of piperazine rings is 1. The van der Waals surface area contributed by atoms with Gasteiger partial charge in [0.1, 0.15) is 5.76 Å². The van der Waals surface area contributed by atoms with Gasteiger partial charge < -0.3 is 14.1 Å². The second-order valence-electron chi connectivity index (χ2n) is 8.35. The molecule has 0 bridgehead atoms. The summed E-state index contributed by atoms with van der Waals surface area (Å²) < 4.78 is 10.2. The summed E-state index contributed by atoms with van der Waals surface area (Å²) in [5, 5.41) is 0. The SMILES string of the molecule is COC(=O)c1ccc(CN2C[C@@H](C)N(C(=O)c3ccc(-c4ccco4)cc3)[C@@H](C)C2)cc1. The topological polar surface area (TPSA) is 63.0 Å². The molecule has 1 aromatic heterocycles. The minimum absolute atomic E-state index is 0.0538. The van der Waals surface area contributed by atoms with Crippen LogP contribution in [0.3, 0.4) is 0 Å². The Kier molecular flexibility index (Phi) is 6.42. The van der Waals surface area contributed by atoms with Gasteiger partial charge in [0, 0.05) is 42.8 Å². The molecule has 0 saturated carbocycles. The number of carbonyl (C=O) groups excluding carboxylic acids is 2. The predicted octanol–water partition coefficient (Wildman–Crippen LogP) is 4.47. The summed E-state index contributed by atoms with van der Waals surface area (Å²) in [7, 11) is 1.38. The molecule has 2 heterocycles. The first-order valence-electron chi connectivity index (χ1n) is 10.8. The van der Waals surface area contributed by atoms with Crippen LogP contribution in [0.15, 0.2) is 71.3 Å². The van der Waals surface area contributed by atoms with Gasteiger partial charge in [-0.3, -0.25) is 9.69 Å². The monoisotopic (exact) mass is 432 g/mol. The van der Waals surface area contributed by atoms with Gasteiger partial charge in [-0.15, -0.1) is 0 Å². The van der Waals surface area contributed by atoms with Gasteiger partial charge in [-0.2, -0.15) is 0 Å². The van der Waals surface area contributed by atoms with Crippen LogP contribution >= 0.6 is 0 Å². The van der Waals surface area contributed by atoms with Crippen molar-refractivity contribution in [3.63, 3.8) is 0 Å². The first kappa shape index (κ1) is 21.8. The van der Waals surface area contributed by atoms with Gasteiger partial charge >= 0.3 is 5.97 Å². The van der Waals surface area contributed by atoms with Gasteiger partial charge in [-0.1, -0.05) is 24.3 Å². The number of hydrogen-bond acceptors (Lipinski definition) is 5. The maximum absolute atomic E-state index is 13.3. The van der Waals surface area contributed by atoms with E-state index in [4.69, 9.17) is 9.15 Å². The number of benzene rings is 2. The maximum Gasteiger partial charge on any atom is 0.337 e. The predicted molar refractivity (Wildman–Crippen MR) is 122 cm³/mol. The molecule has 2 aromatic carbocycles. The molecular formula is C26H28N2O4. The third-order valence-corrected chi connectivity index (χ3v) is 5.95. The number of furan rings is 1. The molecule has 32 heavy (non-hydrogen) atoms. The molecule has 0 radical (unpaired) electrons. The second kappa shape index (κ2) is 9.40. The number of rotatable bonds is 5. The van der Waals surface area contributed by atoms with E-state index < -0.39 is 0 Å². The van der Waals surface area contributed by atoms with Crippen LogP contribution in [0.25, 0.3) is 11.3 Å². The summed E-state index contributed by atoms with van der Waals surface area (Å²) in [6.45, 7) is 6.55. The van der Waals surface area contributed by atoms with Gasteiger partial charge in [0.2, 0.25) is 0 Å². The van der Waals surface area contributed by atoms with E-state index in [2.05, 4.69) is 18.7 Å². The van der Waals surface area contributed by atoms with E-state index in [1.165, 1.54) is 7.11 Å². The lowest BCUT2D eigenvalue weighted by Gasteiger charge is -2.44. The summed E-state index contributed by atoms with van der Waals surface area (Å²) in [6.07, 6.45) is 1.64. The van der Waals surface area contributed by atoms with Crippen molar-refractivity contribution >= 4 is 11.9 Å². The lowest BCUT2D eigenvalue weighted by molar-refractivity contribution is 0.0268. The molecule has 2 atom stereocenters. The molecule has 6 heteroatoms. The second-order valence-corrected chi connectivity index (χ2v) is 8.35. The molecule has 0 unspecified atom stereocenters. The summed E-state index contributed by atoms with van der Waals surface area (Å²) >= 11 is 0. The highest BCUT2D eigenvalue weighted by atomic mass is 16.5. The van der Waals surface area contributed by atoms with Crippen molar-refractivity contribution in [3.05, 3.63) is 83.6 Å². The Morgan fingerprint density at radius 2 is 1.56 bits per heavy atom. The summed E-state index contributed by atoms with van der Waals surface area (Å²) in [5.74, 6) is 0.514. The van der Waals surface area contributed by atoms with Crippen LogP contribution in [0.2, 0.25) is 0 Å². The molecule has 1 aliphatic heterocycles. The molecule has 1 saturated heterocycles. The molecule has 3 aromatic rings. The van der Waals surface area contributed by atoms with Gasteiger partial charge in [-0.05, 0) is 55.8 Å². The van der Waals surface area contributed by atoms with E-state index in [-0.39, 0.29) is 24.0 Å². The van der Waals surface area contributed by atoms with Crippen molar-refractivity contribution in [2.24, 2.45) is 0 Å². The highest BCUT2D eigenvalue weighted by molar-refractivity contribution is 5.95. The highest BCUT2D eigenvalue weighted by Crippen LogP contribution is 2.24. The van der Waals surface area contributed by atoms with Gasteiger partial charge in [0.05, 0.1) is 18.9 Å². The van der Waals surface area contributed by atoms with E-state index >= 15 is 0 Å². The Balaban J connectivity index is 1.40. The van der Waals surface area contributed by atoms with Crippen molar-refractivity contribution in [3.8, 4) is 11.3 Å². The van der Waals surface area contributed by atoms with Crippen LogP contribution in [-0.4, -0.2) is 54.0 Å². The number of esters is 1. The van der Waals surface area contributed by atoms with E-state index in [0.717, 1.165) is 36.5 Å². The van der Waals surface area contributed by atoms with Gasteiger partial charge in [-0.25, -0.2) is 4.79 Å². The van der Waals surface area contributed by atoms with Crippen molar-refractivity contribution < 1.29 is 18.7 Å². The lowest BCUT2D eigenvalue weighted by atomic mass is 10.0. The largest absolute Gasteiger partial charge is 0.465 e. The molecule has 1 amide bonds. The van der Waals surface area contributed by atoms with Crippen LogP contribution in [0.5, 0.6) is 0 Å². The molecular weight excluding hydrogens is 404 g/mol. The number of amides is 1. The Morgan fingerprint density at radius 1 is 0.938 bits per heavy atom. The third-order valence-electron chi connectivity index (χ3n) is 5.95. The number of nitrogens with zero attached hydrogens (tertiary/aromatic N) is 2. The van der Waals surface area contributed by atoms with Crippen molar-refractivity contribution in [2.45, 2.75) is 32.5 Å². The Labute approximate surface area is 188 Å². The number of carbonyl (C=O) groups is 2. The number of ether oxygens (including phenoxy) is 1. The van der Waals surface area contributed by atoms with E-state index in [9.17, 15) is 9.59 Å². The number of methoxy groups -OCH3 is 1. The van der Waals surface area contributed by atoms with Crippen molar-refractivity contribution in [1.29, 1.82) is 0 Å². The fourth-order valence-corrected chi connectivity index (χ4v) is 4.45. The molecule has 4 rings (SSSR count). The Bertz CT molecular complexity index is 1050. The Morgan fingerprint density at radius 3 is 2.12 bits per heavy atom. The molecule has 1 fully saturated rings. The lowest BCUT2D eigenvalue weighted by Crippen LogP contribution is -2.58. The van der Waals surface area contributed by atoms with Crippen LogP contribution in [0.1, 0.15) is 40.1 Å². The van der Waals surface area contributed by atoms with Gasteiger partial charge in [0.15, 0.2) is 0 Å². The fourth-order valence-electron chi connectivity index (χ4n) is 4.45. The van der Waals surface area contributed by atoms with Crippen LogP contribution < -0.4 is 0 Å². The Hall–Kier alpha value is -3.38. The zero-order valence-electron chi connectivity index (χ0n) is 18.7. The van der Waals surface area contributed by atoms with E-state index in [1.807, 2.05) is 53.4 Å². The zero-order chi connectivity index (χ0) is 22.7. The summed E-state index contributed by atoms with van der Waals surface area (Å²) in [4.78, 5) is 29.2. The van der Waals surface area contributed by atoms with E-state index in [0.29, 0.717) is 11.1 Å². The maximum atomic E-state index is 13.3. The fraction of sp³-hybridized carbons (Fsp3) is 0.308. The average molecular weight is 433 g/mol. The number of hydrogen-bond donors (Lipinski definition) is 0. The molecule has 0 N–H and O–H groups in total. The first-order valence-corrected chi connectivity index (χ1v) is 10.8. The first-order chi connectivity index (χ1) is 15.5. The zero-order valence-corrected chi connectivity index (χ0v) is 18.7. The quantitative estimate of drug-likeness (QED) is 0.557. The average Bonchev–Trinajstić information content (AvgIpc) is 3.34. The van der Waals surface area contributed by atoms with Gasteiger partial charge in [0.25, 0.3) is 5.91 Å². The van der Waals surface area contributed by atoms with Crippen molar-refractivity contribution in [2.75, 3.05) is 20.2 Å². The molecule has 6 nitrogen and oxygen atoms in total. The molecule has 0 spiro atoms. The van der Waals surface area contributed by atoms with E-state index in [1.54, 1.807) is 18.4 Å². The smallest absolute Gasteiger partial charge is 0.337 e. The summed E-state index contributed by atoms with van der Waals surface area (Å²) in [6, 6.07) is 19.0. The van der Waals surface area contributed by atoms with Crippen LogP contribution in [-0.2, 0) is 11.3 Å². The minimum Gasteiger partial charge on any atom is -0.465 e. The van der Waals surface area contributed by atoms with Crippen molar-refractivity contribution in [1.82, 2.24) is 9.80 Å². The summed E-state index contributed by atoms with van der Waals surface area (Å²) in [5.41, 5.74) is 3.32.